The molecule has 5 nitrogen and oxygen atoms in total. The first kappa shape index (κ1) is 17.4. The second-order valence-corrected chi connectivity index (χ2v) is 7.33. The lowest BCUT2D eigenvalue weighted by Gasteiger charge is -2.07. The van der Waals surface area contributed by atoms with Crippen LogP contribution in [0.2, 0.25) is 0 Å². The van der Waals surface area contributed by atoms with Gasteiger partial charge in [0.25, 0.3) is 5.91 Å². The zero-order valence-electron chi connectivity index (χ0n) is 14.5. The molecule has 0 fully saturated rings. The third-order valence-electron chi connectivity index (χ3n) is 4.05. The van der Waals surface area contributed by atoms with Crippen LogP contribution in [0, 0.1) is 11.7 Å². The van der Waals surface area contributed by atoms with Crippen LogP contribution in [0.3, 0.4) is 0 Å². The van der Waals surface area contributed by atoms with Gasteiger partial charge in [-0.05, 0) is 37.3 Å². The molecule has 0 aliphatic heterocycles. The Labute approximate surface area is 165 Å². The number of H-pyrrole nitrogens is 1. The number of thiazole rings is 1. The van der Waals surface area contributed by atoms with Crippen LogP contribution in [-0.2, 0) is 0 Å². The normalized spacial score (nSPS) is 10.7. The van der Waals surface area contributed by atoms with Crippen LogP contribution in [0.15, 0.2) is 67.0 Å². The van der Waals surface area contributed by atoms with E-state index < -0.39 is 0 Å². The minimum absolute atomic E-state index is 0.165. The summed E-state index contributed by atoms with van der Waals surface area (Å²) in [6.07, 6.45) is 3.63. The summed E-state index contributed by atoms with van der Waals surface area (Å²) in [4.78, 5) is 20.9. The Morgan fingerprint density at radius 2 is 2.00 bits per heavy atom. The van der Waals surface area contributed by atoms with Crippen LogP contribution in [0.25, 0.3) is 16.3 Å². The van der Waals surface area contributed by atoms with Crippen molar-refractivity contribution >= 4 is 35.1 Å². The molecule has 0 saturated carbocycles. The van der Waals surface area contributed by atoms with Gasteiger partial charge in [0.05, 0.1) is 5.69 Å². The van der Waals surface area contributed by atoms with Gasteiger partial charge in [0.15, 0.2) is 4.77 Å². The molecule has 0 unspecified atom stereocenters. The van der Waals surface area contributed by atoms with E-state index in [1.54, 1.807) is 6.20 Å². The summed E-state index contributed by atoms with van der Waals surface area (Å²) >= 11 is 6.65. The number of imidazole rings is 1. The van der Waals surface area contributed by atoms with Gasteiger partial charge in [0.2, 0.25) is 0 Å². The number of carbonyl (C=O) groups excluding carboxylic acids is 1. The molecule has 2 aromatic carbocycles. The molecule has 1 amide bonds. The lowest BCUT2D eigenvalue weighted by molar-refractivity contribution is 0.103. The van der Waals surface area contributed by atoms with Gasteiger partial charge in [-0.1, -0.05) is 36.4 Å². The molecule has 0 atom stereocenters. The van der Waals surface area contributed by atoms with E-state index in [9.17, 15) is 4.79 Å². The van der Waals surface area contributed by atoms with Crippen LogP contribution in [-0.4, -0.2) is 20.4 Å². The first-order chi connectivity index (χ1) is 13.1. The quantitative estimate of drug-likeness (QED) is 0.468. The lowest BCUT2D eigenvalue weighted by Crippen LogP contribution is -2.11. The van der Waals surface area contributed by atoms with Crippen LogP contribution in [0.4, 0.5) is 5.69 Å². The second kappa shape index (κ2) is 7.30. The van der Waals surface area contributed by atoms with E-state index in [-0.39, 0.29) is 5.91 Å². The SMILES string of the molecule is Cc1nc(-c2ccccc2)sc1C(=O)Nc1cccc(-n2cc[nH]c2=S)c1. The molecule has 4 rings (SSSR count). The highest BCUT2D eigenvalue weighted by Gasteiger charge is 2.16. The molecule has 0 aliphatic rings. The Kier molecular flexibility index (Phi) is 4.70. The van der Waals surface area contributed by atoms with E-state index in [1.165, 1.54) is 11.3 Å². The molecular weight excluding hydrogens is 376 g/mol. The topological polar surface area (TPSA) is 62.7 Å². The van der Waals surface area contributed by atoms with Crippen molar-refractivity contribution in [3.05, 3.63) is 82.3 Å². The van der Waals surface area contributed by atoms with Gasteiger partial charge in [-0.25, -0.2) is 4.98 Å². The van der Waals surface area contributed by atoms with Gasteiger partial charge in [0.1, 0.15) is 9.88 Å². The summed E-state index contributed by atoms with van der Waals surface area (Å²) in [5.74, 6) is -0.165. The van der Waals surface area contributed by atoms with Crippen molar-refractivity contribution in [3.8, 4) is 16.3 Å². The van der Waals surface area contributed by atoms with Crippen LogP contribution >= 0.6 is 23.6 Å². The van der Waals surface area contributed by atoms with Crippen molar-refractivity contribution in [1.29, 1.82) is 0 Å². The number of rotatable bonds is 4. The highest BCUT2D eigenvalue weighted by Crippen LogP contribution is 2.28. The number of aromatic amines is 1. The molecule has 0 saturated heterocycles. The van der Waals surface area contributed by atoms with Crippen molar-refractivity contribution in [1.82, 2.24) is 14.5 Å². The van der Waals surface area contributed by atoms with Crippen molar-refractivity contribution in [2.75, 3.05) is 5.32 Å². The Morgan fingerprint density at radius 3 is 2.74 bits per heavy atom. The molecule has 0 spiro atoms. The zero-order valence-corrected chi connectivity index (χ0v) is 16.1. The first-order valence-electron chi connectivity index (χ1n) is 8.32. The standard InChI is InChI=1S/C20H16N4OS2/c1-13-17(27-19(22-13)14-6-3-2-4-7-14)18(25)23-15-8-5-9-16(12-15)24-11-10-21-20(24)26/h2-12H,1H3,(H,21,26)(H,23,25). The Morgan fingerprint density at radius 1 is 1.19 bits per heavy atom. The largest absolute Gasteiger partial charge is 0.337 e. The number of hydrogen-bond donors (Lipinski definition) is 2. The van der Waals surface area contributed by atoms with Crippen LogP contribution < -0.4 is 5.32 Å². The van der Waals surface area contributed by atoms with Crippen molar-refractivity contribution in [2.45, 2.75) is 6.92 Å². The van der Waals surface area contributed by atoms with Gasteiger partial charge in [-0.15, -0.1) is 11.3 Å². The second-order valence-electron chi connectivity index (χ2n) is 5.94. The number of aryl methyl sites for hydroxylation is 1. The Bertz CT molecular complexity index is 1160. The van der Waals surface area contributed by atoms with Crippen LogP contribution in [0.1, 0.15) is 15.4 Å². The minimum atomic E-state index is -0.165. The van der Waals surface area contributed by atoms with Crippen molar-refractivity contribution < 1.29 is 4.79 Å². The summed E-state index contributed by atoms with van der Waals surface area (Å²) in [7, 11) is 0. The summed E-state index contributed by atoms with van der Waals surface area (Å²) in [5.41, 5.74) is 3.31. The monoisotopic (exact) mass is 392 g/mol. The van der Waals surface area contributed by atoms with Crippen molar-refractivity contribution in [3.63, 3.8) is 0 Å². The molecular formula is C20H16N4OS2. The van der Waals surface area contributed by atoms with Gasteiger partial charge in [-0.3, -0.25) is 9.36 Å². The predicted octanol–water partition coefficient (Wildman–Crippen LogP) is 5.22. The maximum Gasteiger partial charge on any atom is 0.267 e. The minimum Gasteiger partial charge on any atom is -0.337 e. The maximum absolute atomic E-state index is 12.8. The number of benzene rings is 2. The molecule has 134 valence electrons. The van der Waals surface area contributed by atoms with Crippen LogP contribution in [0.5, 0.6) is 0 Å². The molecule has 0 radical (unpaired) electrons. The number of aromatic nitrogens is 3. The average molecular weight is 393 g/mol. The van der Waals surface area contributed by atoms with Crippen molar-refractivity contribution in [2.24, 2.45) is 0 Å². The van der Waals surface area contributed by atoms with Gasteiger partial charge in [-0.2, -0.15) is 0 Å². The number of nitrogens with zero attached hydrogens (tertiary/aromatic N) is 2. The van der Waals surface area contributed by atoms with Gasteiger partial charge >= 0.3 is 0 Å². The molecule has 2 N–H and O–H groups in total. The Hall–Kier alpha value is -3.03. The molecule has 2 heterocycles. The fourth-order valence-electron chi connectivity index (χ4n) is 2.76. The fraction of sp³-hybridized carbons (Fsp3) is 0.0500. The van der Waals surface area contributed by atoms with E-state index >= 15 is 0 Å². The molecule has 4 aromatic rings. The van der Waals surface area contributed by atoms with E-state index in [4.69, 9.17) is 12.2 Å². The molecule has 2 aromatic heterocycles. The number of carbonyl (C=O) groups is 1. The molecule has 27 heavy (non-hydrogen) atoms. The highest BCUT2D eigenvalue weighted by molar-refractivity contribution is 7.71. The summed E-state index contributed by atoms with van der Waals surface area (Å²) in [5, 5.41) is 3.80. The van der Waals surface area contributed by atoms with E-state index in [1.807, 2.05) is 72.3 Å². The fourth-order valence-corrected chi connectivity index (χ4v) is 3.96. The average Bonchev–Trinajstić information content (AvgIpc) is 3.28. The molecule has 7 heteroatoms. The van der Waals surface area contributed by atoms with E-state index in [0.717, 1.165) is 22.0 Å². The predicted molar refractivity (Wildman–Crippen MR) is 111 cm³/mol. The lowest BCUT2D eigenvalue weighted by atomic mass is 10.2. The maximum atomic E-state index is 12.8. The van der Waals surface area contributed by atoms with E-state index in [0.29, 0.717) is 15.3 Å². The zero-order chi connectivity index (χ0) is 18.8. The number of anilines is 1. The van der Waals surface area contributed by atoms with Gasteiger partial charge in [0, 0.05) is 29.3 Å². The Balaban J connectivity index is 1.59. The summed E-state index contributed by atoms with van der Waals surface area (Å²) in [6, 6.07) is 17.4. The third kappa shape index (κ3) is 3.60. The third-order valence-corrected chi connectivity index (χ3v) is 5.57. The number of amides is 1. The summed E-state index contributed by atoms with van der Waals surface area (Å²) < 4.78 is 2.44. The molecule has 0 aliphatic carbocycles. The van der Waals surface area contributed by atoms with Gasteiger partial charge < -0.3 is 10.3 Å². The number of nitrogens with one attached hydrogen (secondary N) is 2. The first-order valence-corrected chi connectivity index (χ1v) is 9.55. The number of hydrogen-bond acceptors (Lipinski definition) is 4. The smallest absolute Gasteiger partial charge is 0.267 e. The highest BCUT2D eigenvalue weighted by atomic mass is 32.1. The van der Waals surface area contributed by atoms with E-state index in [2.05, 4.69) is 15.3 Å². The molecule has 0 bridgehead atoms. The summed E-state index contributed by atoms with van der Waals surface area (Å²) in [6.45, 7) is 1.85.